The number of carbonyl (C=O) groups is 1. The van der Waals surface area contributed by atoms with Crippen molar-refractivity contribution >= 4 is 32.8 Å². The molecule has 0 amide bonds. The Bertz CT molecular complexity index is 248. The molecule has 0 aliphatic carbocycles. The van der Waals surface area contributed by atoms with Gasteiger partial charge in [0.05, 0.1) is 5.33 Å². The molecule has 1 nitrogen and oxygen atoms in total. The molecule has 64 valence electrons. The Morgan fingerprint density at radius 3 is 2.58 bits per heavy atom. The van der Waals surface area contributed by atoms with Gasteiger partial charge in [-0.3, -0.25) is 4.79 Å². The molecular weight excluding hydrogens is 236 g/mol. The highest BCUT2D eigenvalue weighted by Crippen LogP contribution is 2.13. The van der Waals surface area contributed by atoms with Crippen LogP contribution in [0.2, 0.25) is 0 Å². The molecule has 0 aromatic heterocycles. The fourth-order valence-corrected chi connectivity index (χ4v) is 1.86. The average molecular weight is 245 g/mol. The molecule has 0 aliphatic rings. The normalized spacial score (nSPS) is 9.75. The molecule has 0 N–H and O–H groups in total. The largest absolute Gasteiger partial charge is 0.286 e. The van der Waals surface area contributed by atoms with Crippen molar-refractivity contribution in [3.8, 4) is 0 Å². The van der Waals surface area contributed by atoms with Crippen LogP contribution in [0.3, 0.4) is 0 Å². The molecule has 0 unspecified atom stereocenters. The molecule has 1 aromatic rings. The SMILES string of the molecule is O=C(CBr)SCc1ccccc1. The van der Waals surface area contributed by atoms with Crippen LogP contribution in [0, 0.1) is 0 Å². The van der Waals surface area contributed by atoms with Crippen LogP contribution in [0.15, 0.2) is 30.3 Å². The topological polar surface area (TPSA) is 17.1 Å². The highest BCUT2D eigenvalue weighted by Gasteiger charge is 1.99. The van der Waals surface area contributed by atoms with Crippen LogP contribution in [-0.2, 0) is 10.5 Å². The van der Waals surface area contributed by atoms with E-state index >= 15 is 0 Å². The van der Waals surface area contributed by atoms with Gasteiger partial charge in [0, 0.05) is 5.75 Å². The lowest BCUT2D eigenvalue weighted by atomic mass is 10.2. The summed E-state index contributed by atoms with van der Waals surface area (Å²) in [7, 11) is 0. The first-order valence-corrected chi connectivity index (χ1v) is 5.69. The van der Waals surface area contributed by atoms with Crippen LogP contribution in [-0.4, -0.2) is 10.4 Å². The van der Waals surface area contributed by atoms with E-state index in [1.165, 1.54) is 17.3 Å². The number of alkyl halides is 1. The molecular formula is C9H9BrOS. The van der Waals surface area contributed by atoms with Gasteiger partial charge in [-0.15, -0.1) is 0 Å². The number of benzene rings is 1. The lowest BCUT2D eigenvalue weighted by Crippen LogP contribution is -1.92. The van der Waals surface area contributed by atoms with Crippen molar-refractivity contribution in [3.05, 3.63) is 35.9 Å². The number of carbonyl (C=O) groups excluding carboxylic acids is 1. The summed E-state index contributed by atoms with van der Waals surface area (Å²) >= 11 is 4.46. The Morgan fingerprint density at radius 1 is 1.33 bits per heavy atom. The van der Waals surface area contributed by atoms with Gasteiger partial charge in [-0.1, -0.05) is 58.0 Å². The maximum atomic E-state index is 10.9. The minimum Gasteiger partial charge on any atom is -0.286 e. The molecule has 0 saturated heterocycles. The average Bonchev–Trinajstić information content (AvgIpc) is 2.16. The summed E-state index contributed by atoms with van der Waals surface area (Å²) in [6.45, 7) is 0. The van der Waals surface area contributed by atoms with Crippen molar-refractivity contribution in [2.45, 2.75) is 5.75 Å². The summed E-state index contributed by atoms with van der Waals surface area (Å²) in [5, 5.41) is 0.615. The third kappa shape index (κ3) is 3.41. The van der Waals surface area contributed by atoms with Gasteiger partial charge in [-0.05, 0) is 5.56 Å². The fourth-order valence-electron chi connectivity index (χ4n) is 0.777. The Hall–Kier alpha value is -0.280. The van der Waals surface area contributed by atoms with Gasteiger partial charge in [0.15, 0.2) is 5.12 Å². The number of hydrogen-bond donors (Lipinski definition) is 0. The Kier molecular flexibility index (Phi) is 4.40. The summed E-state index contributed by atoms with van der Waals surface area (Å²) in [5.74, 6) is 0.769. The van der Waals surface area contributed by atoms with Gasteiger partial charge in [0.25, 0.3) is 0 Å². The maximum absolute atomic E-state index is 10.9. The molecule has 12 heavy (non-hydrogen) atoms. The van der Waals surface area contributed by atoms with Crippen LogP contribution in [0.25, 0.3) is 0 Å². The Morgan fingerprint density at radius 2 is 2.00 bits per heavy atom. The molecule has 0 spiro atoms. The van der Waals surface area contributed by atoms with Crippen LogP contribution < -0.4 is 0 Å². The first kappa shape index (κ1) is 9.81. The van der Waals surface area contributed by atoms with Gasteiger partial charge in [0.2, 0.25) is 0 Å². The van der Waals surface area contributed by atoms with Crippen molar-refractivity contribution in [1.82, 2.24) is 0 Å². The summed E-state index contributed by atoms with van der Waals surface area (Å²) in [6.07, 6.45) is 0. The first-order chi connectivity index (χ1) is 5.83. The predicted octanol–water partition coefficient (Wildman–Crippen LogP) is 2.84. The highest BCUT2D eigenvalue weighted by molar-refractivity contribution is 9.09. The van der Waals surface area contributed by atoms with Gasteiger partial charge in [0.1, 0.15) is 0 Å². The number of hydrogen-bond acceptors (Lipinski definition) is 2. The minimum absolute atomic E-state index is 0.179. The molecule has 0 bridgehead atoms. The summed E-state index contributed by atoms with van der Waals surface area (Å²) in [4.78, 5) is 10.9. The standard InChI is InChI=1S/C9H9BrOS/c10-6-9(11)12-7-8-4-2-1-3-5-8/h1-5H,6-7H2. The summed E-state index contributed by atoms with van der Waals surface area (Å²) in [6, 6.07) is 9.98. The molecule has 3 heteroatoms. The molecule has 0 aliphatic heterocycles. The highest BCUT2D eigenvalue weighted by atomic mass is 79.9. The number of halogens is 1. The maximum Gasteiger partial charge on any atom is 0.199 e. The minimum atomic E-state index is 0.179. The van der Waals surface area contributed by atoms with Gasteiger partial charge in [-0.2, -0.15) is 0 Å². The van der Waals surface area contributed by atoms with E-state index in [9.17, 15) is 4.79 Å². The zero-order chi connectivity index (χ0) is 8.81. The predicted molar refractivity (Wildman–Crippen MR) is 56.5 cm³/mol. The van der Waals surface area contributed by atoms with Crippen molar-refractivity contribution in [2.75, 3.05) is 5.33 Å². The van der Waals surface area contributed by atoms with E-state index in [4.69, 9.17) is 0 Å². The number of thioether (sulfide) groups is 1. The zero-order valence-electron chi connectivity index (χ0n) is 6.50. The molecule has 1 aromatic carbocycles. The third-order valence-electron chi connectivity index (χ3n) is 1.35. The first-order valence-electron chi connectivity index (χ1n) is 3.58. The van der Waals surface area contributed by atoms with E-state index in [1.807, 2.05) is 30.3 Å². The zero-order valence-corrected chi connectivity index (χ0v) is 8.90. The van der Waals surface area contributed by atoms with Gasteiger partial charge < -0.3 is 0 Å². The quantitative estimate of drug-likeness (QED) is 0.761. The van der Waals surface area contributed by atoms with Crippen LogP contribution in [0.1, 0.15) is 5.56 Å². The molecule has 0 atom stereocenters. The molecule has 1 rings (SSSR count). The second-order valence-corrected chi connectivity index (χ2v) is 3.87. The molecule has 0 radical (unpaired) electrons. The van der Waals surface area contributed by atoms with Crippen molar-refractivity contribution < 1.29 is 4.79 Å². The monoisotopic (exact) mass is 244 g/mol. The second kappa shape index (κ2) is 5.38. The van der Waals surface area contributed by atoms with E-state index in [1.54, 1.807) is 0 Å². The van der Waals surface area contributed by atoms with E-state index in [-0.39, 0.29) is 5.12 Å². The van der Waals surface area contributed by atoms with Gasteiger partial charge in [-0.25, -0.2) is 0 Å². The number of rotatable bonds is 3. The van der Waals surface area contributed by atoms with Crippen LogP contribution >= 0.6 is 27.7 Å². The van der Waals surface area contributed by atoms with Crippen molar-refractivity contribution in [1.29, 1.82) is 0 Å². The van der Waals surface area contributed by atoms with Crippen LogP contribution in [0.4, 0.5) is 0 Å². The van der Waals surface area contributed by atoms with E-state index in [2.05, 4.69) is 15.9 Å². The summed E-state index contributed by atoms with van der Waals surface area (Å²) in [5.41, 5.74) is 1.19. The van der Waals surface area contributed by atoms with Crippen molar-refractivity contribution in [3.63, 3.8) is 0 Å². The molecule has 0 fully saturated rings. The van der Waals surface area contributed by atoms with E-state index in [0.717, 1.165) is 5.75 Å². The molecule has 0 heterocycles. The second-order valence-electron chi connectivity index (χ2n) is 2.28. The third-order valence-corrected chi connectivity index (χ3v) is 3.18. The Labute approximate surface area is 84.7 Å². The van der Waals surface area contributed by atoms with E-state index in [0.29, 0.717) is 5.33 Å². The fraction of sp³-hybridized carbons (Fsp3) is 0.222. The lowest BCUT2D eigenvalue weighted by Gasteiger charge is -1.97. The van der Waals surface area contributed by atoms with Gasteiger partial charge >= 0.3 is 0 Å². The molecule has 0 saturated carbocycles. The van der Waals surface area contributed by atoms with E-state index < -0.39 is 0 Å². The lowest BCUT2D eigenvalue weighted by molar-refractivity contribution is -0.108. The summed E-state index contributed by atoms with van der Waals surface area (Å²) < 4.78 is 0. The van der Waals surface area contributed by atoms with Crippen LogP contribution in [0.5, 0.6) is 0 Å². The smallest absolute Gasteiger partial charge is 0.199 e. The van der Waals surface area contributed by atoms with Crippen molar-refractivity contribution in [2.24, 2.45) is 0 Å². The Balaban J connectivity index is 2.38.